The van der Waals surface area contributed by atoms with E-state index in [1.807, 2.05) is 0 Å². The summed E-state index contributed by atoms with van der Waals surface area (Å²) in [5.41, 5.74) is 0.786. The van der Waals surface area contributed by atoms with Crippen molar-refractivity contribution in [3.8, 4) is 0 Å². The Morgan fingerprint density at radius 3 is 2.03 bits per heavy atom. The highest BCUT2D eigenvalue weighted by Gasteiger charge is 2.25. The fraction of sp³-hybridized carbons (Fsp3) is 0.417. The van der Waals surface area contributed by atoms with Gasteiger partial charge in [0.1, 0.15) is 6.54 Å². The molecule has 0 spiro atoms. The standard InChI is InChI=1S/C24H32N4O6S2/c1-26(2)36(33,34)20-14-12-19(13-15-20)28(35(3,31)32)18-23(29)25-22-11-7-6-10-21(22)24(30)27-16-8-4-5-9-17-27/h6-7,10-15H,4-5,8-9,16-18H2,1-3H3,(H,25,29). The summed E-state index contributed by atoms with van der Waals surface area (Å²) in [7, 11) is -4.78. The van der Waals surface area contributed by atoms with Crippen LogP contribution in [0.5, 0.6) is 0 Å². The van der Waals surface area contributed by atoms with Gasteiger partial charge in [-0.05, 0) is 49.2 Å². The maximum Gasteiger partial charge on any atom is 0.255 e. The van der Waals surface area contributed by atoms with Crippen LogP contribution in [0.4, 0.5) is 11.4 Å². The summed E-state index contributed by atoms with van der Waals surface area (Å²) < 4.78 is 51.5. The third-order valence-corrected chi connectivity index (χ3v) is 8.89. The molecule has 12 heteroatoms. The zero-order valence-electron chi connectivity index (χ0n) is 20.7. The number of hydrogen-bond donors (Lipinski definition) is 1. The number of para-hydroxylation sites is 1. The van der Waals surface area contributed by atoms with Crippen molar-refractivity contribution in [2.24, 2.45) is 0 Å². The molecule has 2 aromatic carbocycles. The van der Waals surface area contributed by atoms with Crippen LogP contribution in [0.25, 0.3) is 0 Å². The minimum absolute atomic E-state index is 0.00453. The highest BCUT2D eigenvalue weighted by Crippen LogP contribution is 2.23. The van der Waals surface area contributed by atoms with Crippen LogP contribution in [0.15, 0.2) is 53.4 Å². The summed E-state index contributed by atoms with van der Waals surface area (Å²) in [6, 6.07) is 11.9. The fourth-order valence-corrected chi connectivity index (χ4v) is 5.70. The monoisotopic (exact) mass is 536 g/mol. The predicted molar refractivity (Wildman–Crippen MR) is 139 cm³/mol. The van der Waals surface area contributed by atoms with Gasteiger partial charge in [-0.2, -0.15) is 0 Å². The van der Waals surface area contributed by atoms with Gasteiger partial charge in [-0.3, -0.25) is 13.9 Å². The second kappa shape index (κ2) is 11.4. The molecule has 10 nitrogen and oxygen atoms in total. The minimum Gasteiger partial charge on any atom is -0.339 e. The van der Waals surface area contributed by atoms with E-state index < -0.39 is 32.5 Å². The van der Waals surface area contributed by atoms with Crippen molar-refractivity contribution in [1.29, 1.82) is 0 Å². The van der Waals surface area contributed by atoms with Crippen molar-refractivity contribution in [3.05, 3.63) is 54.1 Å². The molecule has 1 saturated heterocycles. The maximum absolute atomic E-state index is 13.1. The second-order valence-electron chi connectivity index (χ2n) is 8.85. The summed E-state index contributed by atoms with van der Waals surface area (Å²) in [6.07, 6.45) is 4.97. The van der Waals surface area contributed by atoms with E-state index in [1.165, 1.54) is 38.4 Å². The molecule has 1 fully saturated rings. The Bertz CT molecular complexity index is 1300. The summed E-state index contributed by atoms with van der Waals surface area (Å²) >= 11 is 0. The first-order valence-electron chi connectivity index (χ1n) is 11.6. The normalized spacial score (nSPS) is 14.8. The molecular weight excluding hydrogens is 504 g/mol. The number of rotatable bonds is 8. The molecular formula is C24H32N4O6S2. The smallest absolute Gasteiger partial charge is 0.255 e. The first-order chi connectivity index (χ1) is 16.9. The number of amides is 2. The number of hydrogen-bond acceptors (Lipinski definition) is 6. The van der Waals surface area contributed by atoms with E-state index in [9.17, 15) is 26.4 Å². The lowest BCUT2D eigenvalue weighted by molar-refractivity contribution is -0.114. The first-order valence-corrected chi connectivity index (χ1v) is 14.9. The fourth-order valence-electron chi connectivity index (χ4n) is 3.94. The molecule has 196 valence electrons. The lowest BCUT2D eigenvalue weighted by atomic mass is 10.1. The molecule has 0 unspecified atom stereocenters. The van der Waals surface area contributed by atoms with Crippen LogP contribution in [0.3, 0.4) is 0 Å². The maximum atomic E-state index is 13.1. The summed E-state index contributed by atoms with van der Waals surface area (Å²) in [5, 5.41) is 2.67. The van der Waals surface area contributed by atoms with E-state index in [-0.39, 0.29) is 16.5 Å². The molecule has 1 aliphatic rings. The molecule has 0 aromatic heterocycles. The van der Waals surface area contributed by atoms with Crippen molar-refractivity contribution in [1.82, 2.24) is 9.21 Å². The average Bonchev–Trinajstić information content (AvgIpc) is 3.11. The number of nitrogens with zero attached hydrogens (tertiary/aromatic N) is 3. The topological polar surface area (TPSA) is 124 Å². The van der Waals surface area contributed by atoms with Crippen molar-refractivity contribution in [2.45, 2.75) is 30.6 Å². The van der Waals surface area contributed by atoms with Crippen LogP contribution in [0.1, 0.15) is 36.0 Å². The molecule has 1 aliphatic heterocycles. The van der Waals surface area contributed by atoms with Crippen LogP contribution >= 0.6 is 0 Å². The molecule has 0 saturated carbocycles. The molecule has 0 atom stereocenters. The first kappa shape index (κ1) is 27.6. The Balaban J connectivity index is 1.80. The molecule has 1 heterocycles. The zero-order chi connectivity index (χ0) is 26.5. The Hall–Kier alpha value is -2.96. The van der Waals surface area contributed by atoms with Crippen molar-refractivity contribution in [2.75, 3.05) is 49.6 Å². The van der Waals surface area contributed by atoms with Crippen LogP contribution < -0.4 is 9.62 Å². The average molecular weight is 537 g/mol. The van der Waals surface area contributed by atoms with Gasteiger partial charge in [0, 0.05) is 27.2 Å². The molecule has 0 radical (unpaired) electrons. The molecule has 0 aliphatic carbocycles. The molecule has 36 heavy (non-hydrogen) atoms. The lowest BCUT2D eigenvalue weighted by Crippen LogP contribution is -2.38. The Labute approximate surface area is 213 Å². The number of carbonyl (C=O) groups is 2. The van der Waals surface area contributed by atoms with Crippen LogP contribution in [-0.2, 0) is 24.8 Å². The third kappa shape index (κ3) is 6.62. The van der Waals surface area contributed by atoms with Gasteiger partial charge < -0.3 is 10.2 Å². The van der Waals surface area contributed by atoms with Gasteiger partial charge in [0.2, 0.25) is 26.0 Å². The molecule has 3 rings (SSSR count). The van der Waals surface area contributed by atoms with Gasteiger partial charge in [0.25, 0.3) is 5.91 Å². The largest absolute Gasteiger partial charge is 0.339 e. The van der Waals surface area contributed by atoms with Gasteiger partial charge in [0.15, 0.2) is 0 Å². The number of carbonyl (C=O) groups excluding carboxylic acids is 2. The Morgan fingerprint density at radius 1 is 0.889 bits per heavy atom. The van der Waals surface area contributed by atoms with E-state index in [0.29, 0.717) is 24.3 Å². The quantitative estimate of drug-likeness (QED) is 0.552. The highest BCUT2D eigenvalue weighted by molar-refractivity contribution is 7.92. The number of anilines is 2. The Kier molecular flexibility index (Phi) is 8.75. The summed E-state index contributed by atoms with van der Waals surface area (Å²) in [6.45, 7) is 0.760. The number of nitrogens with one attached hydrogen (secondary N) is 1. The highest BCUT2D eigenvalue weighted by atomic mass is 32.2. The minimum atomic E-state index is -3.88. The number of likely N-dealkylation sites (tertiary alicyclic amines) is 1. The SMILES string of the molecule is CN(C)S(=O)(=O)c1ccc(N(CC(=O)Nc2ccccc2C(=O)N2CCCCCC2)S(C)(=O)=O)cc1. The zero-order valence-corrected chi connectivity index (χ0v) is 22.3. The number of benzene rings is 2. The molecule has 0 bridgehead atoms. The van der Waals surface area contributed by atoms with E-state index in [2.05, 4.69) is 5.32 Å². The predicted octanol–water partition coefficient (Wildman–Crippen LogP) is 2.36. The van der Waals surface area contributed by atoms with Crippen LogP contribution in [0.2, 0.25) is 0 Å². The van der Waals surface area contributed by atoms with Crippen molar-refractivity contribution in [3.63, 3.8) is 0 Å². The van der Waals surface area contributed by atoms with Crippen LogP contribution in [0, 0.1) is 0 Å². The van der Waals surface area contributed by atoms with E-state index >= 15 is 0 Å². The summed E-state index contributed by atoms with van der Waals surface area (Å²) in [5.74, 6) is -0.813. The Morgan fingerprint density at radius 2 is 1.47 bits per heavy atom. The van der Waals surface area contributed by atoms with E-state index in [1.54, 1.807) is 29.2 Å². The van der Waals surface area contributed by atoms with Gasteiger partial charge in [-0.25, -0.2) is 21.1 Å². The van der Waals surface area contributed by atoms with Gasteiger partial charge in [-0.15, -0.1) is 0 Å². The van der Waals surface area contributed by atoms with Crippen LogP contribution in [-0.4, -0.2) is 77.8 Å². The van der Waals surface area contributed by atoms with Gasteiger partial charge in [0.05, 0.1) is 28.1 Å². The second-order valence-corrected chi connectivity index (χ2v) is 12.9. The van der Waals surface area contributed by atoms with E-state index in [0.717, 1.165) is 40.5 Å². The van der Waals surface area contributed by atoms with Gasteiger partial charge in [-0.1, -0.05) is 25.0 Å². The van der Waals surface area contributed by atoms with Crippen molar-refractivity contribution < 1.29 is 26.4 Å². The molecule has 2 amide bonds. The summed E-state index contributed by atoms with van der Waals surface area (Å²) in [4.78, 5) is 27.8. The lowest BCUT2D eigenvalue weighted by Gasteiger charge is -2.24. The molecule has 1 N–H and O–H groups in total. The van der Waals surface area contributed by atoms with E-state index in [4.69, 9.17) is 0 Å². The van der Waals surface area contributed by atoms with Gasteiger partial charge >= 0.3 is 0 Å². The molecule has 2 aromatic rings. The third-order valence-electron chi connectivity index (χ3n) is 5.92. The van der Waals surface area contributed by atoms with Crippen molar-refractivity contribution >= 4 is 43.2 Å². The number of sulfonamides is 2.